The molecular weight excluding hydrogens is 322 g/mol. The summed E-state index contributed by atoms with van der Waals surface area (Å²) in [6, 6.07) is 1.76. The van der Waals surface area contributed by atoms with Crippen molar-refractivity contribution in [1.29, 1.82) is 0 Å². The van der Waals surface area contributed by atoms with Crippen LogP contribution in [0.15, 0.2) is 11.4 Å². The minimum Gasteiger partial charge on any atom is -0.351 e. The van der Waals surface area contributed by atoms with Crippen molar-refractivity contribution in [2.75, 3.05) is 11.9 Å². The van der Waals surface area contributed by atoms with Crippen molar-refractivity contribution in [1.82, 2.24) is 5.32 Å². The number of carbonyl (C=O) groups is 1. The second kappa shape index (κ2) is 5.72. The number of hydrogen-bond acceptors (Lipinski definition) is 2. The molecular formula is C12H15BrClNOS. The molecule has 1 heterocycles. The molecule has 0 atom stereocenters. The first-order valence-electron chi connectivity index (χ1n) is 5.74. The van der Waals surface area contributed by atoms with E-state index in [4.69, 9.17) is 11.6 Å². The quantitative estimate of drug-likeness (QED) is 0.825. The van der Waals surface area contributed by atoms with Crippen LogP contribution in [0.4, 0.5) is 0 Å². The summed E-state index contributed by atoms with van der Waals surface area (Å²) in [5.74, 6) is -0.0442. The fourth-order valence-corrected chi connectivity index (χ4v) is 4.10. The molecule has 0 spiro atoms. The Morgan fingerprint density at radius 3 is 2.76 bits per heavy atom. The molecule has 2 rings (SSSR count). The lowest BCUT2D eigenvalue weighted by Crippen LogP contribution is -2.36. The van der Waals surface area contributed by atoms with E-state index in [1.165, 1.54) is 37.0 Å². The van der Waals surface area contributed by atoms with E-state index in [2.05, 4.69) is 21.2 Å². The molecule has 2 nitrogen and oxygen atoms in total. The van der Waals surface area contributed by atoms with Gasteiger partial charge in [-0.3, -0.25) is 4.79 Å². The first-order valence-corrected chi connectivity index (χ1v) is 8.12. The maximum atomic E-state index is 11.9. The van der Waals surface area contributed by atoms with E-state index in [1.54, 1.807) is 6.07 Å². The maximum Gasteiger partial charge on any atom is 0.262 e. The topological polar surface area (TPSA) is 29.1 Å². The van der Waals surface area contributed by atoms with Crippen molar-refractivity contribution < 1.29 is 4.79 Å². The average Bonchev–Trinajstić information content (AvgIpc) is 2.95. The largest absolute Gasteiger partial charge is 0.351 e. The van der Waals surface area contributed by atoms with E-state index in [-0.39, 0.29) is 11.3 Å². The highest BCUT2D eigenvalue weighted by Gasteiger charge is 2.33. The Kier molecular flexibility index (Phi) is 4.50. The van der Waals surface area contributed by atoms with Gasteiger partial charge in [-0.25, -0.2) is 0 Å². The normalized spacial score (nSPS) is 18.2. The fraction of sp³-hybridized carbons (Fsp3) is 0.583. The monoisotopic (exact) mass is 335 g/mol. The van der Waals surface area contributed by atoms with Crippen molar-refractivity contribution in [3.63, 3.8) is 0 Å². The molecule has 0 aliphatic heterocycles. The third-order valence-corrected chi connectivity index (χ3v) is 5.92. The molecule has 1 saturated carbocycles. The molecule has 17 heavy (non-hydrogen) atoms. The van der Waals surface area contributed by atoms with Gasteiger partial charge in [-0.05, 0) is 29.7 Å². The van der Waals surface area contributed by atoms with Crippen LogP contribution in [-0.2, 0) is 0 Å². The number of nitrogens with one attached hydrogen (secondary N) is 1. The zero-order chi connectivity index (χ0) is 12.3. The van der Waals surface area contributed by atoms with Crippen LogP contribution in [0.5, 0.6) is 0 Å². The van der Waals surface area contributed by atoms with Crippen LogP contribution in [0, 0.1) is 5.41 Å². The molecule has 1 aliphatic carbocycles. The van der Waals surface area contributed by atoms with Crippen LogP contribution < -0.4 is 5.32 Å². The van der Waals surface area contributed by atoms with Crippen LogP contribution in [0.1, 0.15) is 35.4 Å². The lowest BCUT2D eigenvalue weighted by atomic mass is 9.89. The number of alkyl halides is 1. The zero-order valence-corrected chi connectivity index (χ0v) is 12.6. The molecule has 1 fully saturated rings. The molecule has 94 valence electrons. The van der Waals surface area contributed by atoms with Crippen molar-refractivity contribution in [2.45, 2.75) is 25.7 Å². The molecule has 1 aromatic heterocycles. The van der Waals surface area contributed by atoms with Gasteiger partial charge >= 0.3 is 0 Å². The lowest BCUT2D eigenvalue weighted by molar-refractivity contribution is 0.0940. The summed E-state index contributed by atoms with van der Waals surface area (Å²) in [6.45, 7) is 0.741. The standard InChI is InChI=1S/C12H15BrClNOS/c13-7-12(4-1-2-5-12)8-15-11(16)10-9(14)3-6-17-10/h3,6H,1-2,4-5,7-8H2,(H,15,16). The summed E-state index contributed by atoms with van der Waals surface area (Å²) in [6.07, 6.45) is 4.91. The molecule has 1 aromatic rings. The lowest BCUT2D eigenvalue weighted by Gasteiger charge is -2.26. The minimum absolute atomic E-state index is 0.0442. The van der Waals surface area contributed by atoms with Gasteiger partial charge in [0.2, 0.25) is 0 Å². The molecule has 0 aromatic carbocycles. The van der Waals surface area contributed by atoms with Crippen LogP contribution in [0.3, 0.4) is 0 Å². The first kappa shape index (κ1) is 13.4. The molecule has 0 unspecified atom stereocenters. The van der Waals surface area contributed by atoms with Gasteiger partial charge in [-0.1, -0.05) is 40.4 Å². The number of hydrogen-bond donors (Lipinski definition) is 1. The van der Waals surface area contributed by atoms with Gasteiger partial charge in [0.25, 0.3) is 5.91 Å². The van der Waals surface area contributed by atoms with Gasteiger partial charge in [0.05, 0.1) is 5.02 Å². The third kappa shape index (κ3) is 3.04. The van der Waals surface area contributed by atoms with Crippen molar-refractivity contribution in [2.24, 2.45) is 5.41 Å². The maximum absolute atomic E-state index is 11.9. The predicted octanol–water partition coefficient (Wildman–Crippen LogP) is 4.09. The summed E-state index contributed by atoms with van der Waals surface area (Å²) in [4.78, 5) is 12.6. The van der Waals surface area contributed by atoms with E-state index in [1.807, 2.05) is 5.38 Å². The van der Waals surface area contributed by atoms with Gasteiger partial charge < -0.3 is 5.32 Å². The van der Waals surface area contributed by atoms with E-state index >= 15 is 0 Å². The Balaban J connectivity index is 1.94. The molecule has 1 N–H and O–H groups in total. The Hall–Kier alpha value is -0.0600. The highest BCUT2D eigenvalue weighted by atomic mass is 79.9. The molecule has 0 bridgehead atoms. The minimum atomic E-state index is -0.0442. The summed E-state index contributed by atoms with van der Waals surface area (Å²) >= 11 is 10.9. The highest BCUT2D eigenvalue weighted by Crippen LogP contribution is 2.39. The number of carbonyl (C=O) groups excluding carboxylic acids is 1. The van der Waals surface area contributed by atoms with E-state index in [0.29, 0.717) is 9.90 Å². The molecule has 1 aliphatic rings. The van der Waals surface area contributed by atoms with Crippen molar-refractivity contribution in [3.8, 4) is 0 Å². The Bertz CT molecular complexity index is 401. The smallest absolute Gasteiger partial charge is 0.262 e. The van der Waals surface area contributed by atoms with Gasteiger partial charge in [0.15, 0.2) is 0 Å². The van der Waals surface area contributed by atoms with E-state index in [0.717, 1.165) is 11.9 Å². The molecule has 5 heteroatoms. The number of thiophene rings is 1. The molecule has 1 amide bonds. The zero-order valence-electron chi connectivity index (χ0n) is 9.47. The summed E-state index contributed by atoms with van der Waals surface area (Å²) in [5.41, 5.74) is 0.249. The Morgan fingerprint density at radius 1 is 1.53 bits per heavy atom. The fourth-order valence-electron chi connectivity index (χ4n) is 2.29. The van der Waals surface area contributed by atoms with Crippen LogP contribution in [0.2, 0.25) is 5.02 Å². The van der Waals surface area contributed by atoms with Crippen molar-refractivity contribution >= 4 is 44.8 Å². The van der Waals surface area contributed by atoms with Crippen LogP contribution >= 0.6 is 38.9 Å². The number of halogens is 2. The van der Waals surface area contributed by atoms with Gasteiger partial charge in [0.1, 0.15) is 4.88 Å². The third-order valence-electron chi connectivity index (χ3n) is 3.40. The second-order valence-electron chi connectivity index (χ2n) is 4.62. The van der Waals surface area contributed by atoms with Gasteiger partial charge in [-0.2, -0.15) is 0 Å². The number of amides is 1. The van der Waals surface area contributed by atoms with Crippen molar-refractivity contribution in [3.05, 3.63) is 21.3 Å². The Morgan fingerprint density at radius 2 is 2.24 bits per heavy atom. The van der Waals surface area contributed by atoms with Gasteiger partial charge in [-0.15, -0.1) is 11.3 Å². The SMILES string of the molecule is O=C(NCC1(CBr)CCCC1)c1sccc1Cl. The number of rotatable bonds is 4. The predicted molar refractivity (Wildman–Crippen MR) is 76.4 cm³/mol. The summed E-state index contributed by atoms with van der Waals surface area (Å²) < 4.78 is 0. The second-order valence-corrected chi connectivity index (χ2v) is 6.51. The van der Waals surface area contributed by atoms with E-state index < -0.39 is 0 Å². The first-order chi connectivity index (χ1) is 8.17. The molecule has 0 radical (unpaired) electrons. The molecule has 0 saturated heterocycles. The summed E-state index contributed by atoms with van der Waals surface area (Å²) in [7, 11) is 0. The van der Waals surface area contributed by atoms with Gasteiger partial charge in [0, 0.05) is 11.9 Å². The van der Waals surface area contributed by atoms with Crippen LogP contribution in [0.25, 0.3) is 0 Å². The Labute approximate surface area is 119 Å². The van der Waals surface area contributed by atoms with Crippen LogP contribution in [-0.4, -0.2) is 17.8 Å². The average molecular weight is 337 g/mol. The highest BCUT2D eigenvalue weighted by molar-refractivity contribution is 9.09. The summed E-state index contributed by atoms with van der Waals surface area (Å²) in [5, 5.41) is 6.36. The van der Waals surface area contributed by atoms with E-state index in [9.17, 15) is 4.79 Å².